The van der Waals surface area contributed by atoms with Crippen LogP contribution in [0.1, 0.15) is 57.1 Å². The van der Waals surface area contributed by atoms with Crippen molar-refractivity contribution < 1.29 is 10.2 Å². The lowest BCUT2D eigenvalue weighted by Gasteiger charge is -2.24. The lowest BCUT2D eigenvalue weighted by molar-refractivity contribution is 0.0403. The number of aliphatic hydroxyl groups excluding tert-OH is 1. The molecule has 0 aromatic heterocycles. The molecule has 0 saturated heterocycles. The minimum atomic E-state index is -0.837. The fourth-order valence-electron chi connectivity index (χ4n) is 1.97. The van der Waals surface area contributed by atoms with Crippen LogP contribution in [0.4, 0.5) is 0 Å². The summed E-state index contributed by atoms with van der Waals surface area (Å²) in [6.07, 6.45) is 2.34. The Morgan fingerprint density at radius 1 is 1.24 bits per heavy atom. The molecular formula is C15H24O2. The van der Waals surface area contributed by atoms with Gasteiger partial charge >= 0.3 is 0 Å². The van der Waals surface area contributed by atoms with Gasteiger partial charge in [-0.1, -0.05) is 38.1 Å². The van der Waals surface area contributed by atoms with Gasteiger partial charge in [0.05, 0.1) is 5.60 Å². The monoisotopic (exact) mass is 236 g/mol. The highest BCUT2D eigenvalue weighted by Gasteiger charge is 2.22. The van der Waals surface area contributed by atoms with E-state index in [2.05, 4.69) is 26.0 Å². The van der Waals surface area contributed by atoms with E-state index in [1.54, 1.807) is 6.92 Å². The average molecular weight is 236 g/mol. The Labute approximate surface area is 104 Å². The van der Waals surface area contributed by atoms with Gasteiger partial charge in [-0.05, 0) is 43.2 Å². The summed E-state index contributed by atoms with van der Waals surface area (Å²) in [5.41, 5.74) is 1.41. The van der Waals surface area contributed by atoms with Gasteiger partial charge in [0.15, 0.2) is 0 Å². The molecule has 0 bridgehead atoms. The maximum Gasteiger partial charge on any atom is 0.0869 e. The SMILES string of the molecule is CCC(C)c1ccc(C(C)(O)CCCO)cc1. The van der Waals surface area contributed by atoms with Gasteiger partial charge in [0.1, 0.15) is 0 Å². The molecule has 0 aliphatic carbocycles. The molecule has 2 unspecified atom stereocenters. The molecule has 2 atom stereocenters. The van der Waals surface area contributed by atoms with Gasteiger partial charge in [0.25, 0.3) is 0 Å². The second-order valence-corrected chi connectivity index (χ2v) is 5.03. The fraction of sp³-hybridized carbons (Fsp3) is 0.600. The van der Waals surface area contributed by atoms with E-state index < -0.39 is 5.60 Å². The van der Waals surface area contributed by atoms with Crippen molar-refractivity contribution in [1.82, 2.24) is 0 Å². The van der Waals surface area contributed by atoms with Crippen LogP contribution < -0.4 is 0 Å². The van der Waals surface area contributed by atoms with Crippen LogP contribution in [0, 0.1) is 0 Å². The van der Waals surface area contributed by atoms with Crippen molar-refractivity contribution >= 4 is 0 Å². The molecule has 2 heteroatoms. The third-order valence-electron chi connectivity index (χ3n) is 3.54. The maximum absolute atomic E-state index is 10.3. The molecule has 1 rings (SSSR count). The smallest absolute Gasteiger partial charge is 0.0869 e. The third-order valence-corrected chi connectivity index (χ3v) is 3.54. The summed E-state index contributed by atoms with van der Waals surface area (Å²) in [5.74, 6) is 0.562. The van der Waals surface area contributed by atoms with Crippen molar-refractivity contribution in [3.05, 3.63) is 35.4 Å². The van der Waals surface area contributed by atoms with E-state index in [0.29, 0.717) is 18.8 Å². The van der Waals surface area contributed by atoms with E-state index >= 15 is 0 Å². The predicted octanol–water partition coefficient (Wildman–Crippen LogP) is 3.18. The Morgan fingerprint density at radius 2 is 1.82 bits per heavy atom. The molecule has 17 heavy (non-hydrogen) atoms. The Morgan fingerprint density at radius 3 is 2.29 bits per heavy atom. The van der Waals surface area contributed by atoms with Crippen molar-refractivity contribution in [3.8, 4) is 0 Å². The van der Waals surface area contributed by atoms with E-state index in [1.807, 2.05) is 12.1 Å². The largest absolute Gasteiger partial charge is 0.396 e. The van der Waals surface area contributed by atoms with Crippen LogP contribution in [0.25, 0.3) is 0 Å². The van der Waals surface area contributed by atoms with Crippen LogP contribution in [0.5, 0.6) is 0 Å². The molecule has 1 aromatic rings. The fourth-order valence-corrected chi connectivity index (χ4v) is 1.97. The Balaban J connectivity index is 2.79. The lowest BCUT2D eigenvalue weighted by atomic mass is 9.89. The first kappa shape index (κ1) is 14.2. The maximum atomic E-state index is 10.3. The summed E-state index contributed by atoms with van der Waals surface area (Å²) in [5, 5.41) is 19.1. The summed E-state index contributed by atoms with van der Waals surface area (Å²) in [7, 11) is 0. The van der Waals surface area contributed by atoms with Gasteiger partial charge in [-0.15, -0.1) is 0 Å². The van der Waals surface area contributed by atoms with E-state index in [-0.39, 0.29) is 6.61 Å². The van der Waals surface area contributed by atoms with Gasteiger partial charge in [-0.3, -0.25) is 0 Å². The van der Waals surface area contributed by atoms with Crippen LogP contribution in [-0.2, 0) is 5.60 Å². The van der Waals surface area contributed by atoms with Gasteiger partial charge in [-0.25, -0.2) is 0 Å². The highest BCUT2D eigenvalue weighted by atomic mass is 16.3. The molecule has 0 radical (unpaired) electrons. The molecule has 0 aliphatic rings. The molecule has 0 heterocycles. The minimum absolute atomic E-state index is 0.126. The third kappa shape index (κ3) is 3.83. The van der Waals surface area contributed by atoms with Crippen LogP contribution in [0.15, 0.2) is 24.3 Å². The van der Waals surface area contributed by atoms with Crippen molar-refractivity contribution in [2.24, 2.45) is 0 Å². The van der Waals surface area contributed by atoms with Crippen LogP contribution in [0.3, 0.4) is 0 Å². The lowest BCUT2D eigenvalue weighted by Crippen LogP contribution is -2.21. The quantitative estimate of drug-likeness (QED) is 0.796. The Bertz CT molecular complexity index is 327. The first-order valence-corrected chi connectivity index (χ1v) is 6.45. The molecule has 0 saturated carbocycles. The molecule has 96 valence electrons. The predicted molar refractivity (Wildman–Crippen MR) is 71.0 cm³/mol. The highest BCUT2D eigenvalue weighted by molar-refractivity contribution is 5.28. The van der Waals surface area contributed by atoms with Gasteiger partial charge in [0, 0.05) is 6.61 Å². The number of hydrogen-bond acceptors (Lipinski definition) is 2. The molecule has 2 nitrogen and oxygen atoms in total. The van der Waals surface area contributed by atoms with E-state index in [9.17, 15) is 5.11 Å². The first-order valence-electron chi connectivity index (χ1n) is 6.45. The van der Waals surface area contributed by atoms with E-state index in [0.717, 1.165) is 12.0 Å². The van der Waals surface area contributed by atoms with Gasteiger partial charge in [-0.2, -0.15) is 0 Å². The van der Waals surface area contributed by atoms with Crippen molar-refractivity contribution in [1.29, 1.82) is 0 Å². The van der Waals surface area contributed by atoms with Gasteiger partial charge in [0.2, 0.25) is 0 Å². The van der Waals surface area contributed by atoms with E-state index in [4.69, 9.17) is 5.11 Å². The van der Waals surface area contributed by atoms with E-state index in [1.165, 1.54) is 5.56 Å². The Kier molecular flexibility index (Phi) is 5.16. The summed E-state index contributed by atoms with van der Waals surface area (Å²) in [6.45, 7) is 6.32. The number of rotatable bonds is 6. The number of benzene rings is 1. The van der Waals surface area contributed by atoms with Crippen LogP contribution in [-0.4, -0.2) is 16.8 Å². The Hall–Kier alpha value is -0.860. The minimum Gasteiger partial charge on any atom is -0.396 e. The molecule has 0 amide bonds. The summed E-state index contributed by atoms with van der Waals surface area (Å²) in [4.78, 5) is 0. The summed E-state index contributed by atoms with van der Waals surface area (Å²) >= 11 is 0. The van der Waals surface area contributed by atoms with Crippen LogP contribution >= 0.6 is 0 Å². The van der Waals surface area contributed by atoms with Crippen molar-refractivity contribution in [2.45, 2.75) is 51.6 Å². The molecule has 0 spiro atoms. The summed E-state index contributed by atoms with van der Waals surface area (Å²) in [6, 6.07) is 8.19. The van der Waals surface area contributed by atoms with Crippen LogP contribution in [0.2, 0.25) is 0 Å². The second-order valence-electron chi connectivity index (χ2n) is 5.03. The van der Waals surface area contributed by atoms with Gasteiger partial charge < -0.3 is 10.2 Å². The standard InChI is InChI=1S/C15H24O2/c1-4-12(2)13-6-8-14(9-7-13)15(3,17)10-5-11-16/h6-9,12,16-17H,4-5,10-11H2,1-3H3. The second kappa shape index (κ2) is 6.18. The summed E-state index contributed by atoms with van der Waals surface area (Å²) < 4.78 is 0. The zero-order valence-electron chi connectivity index (χ0n) is 11.1. The highest BCUT2D eigenvalue weighted by Crippen LogP contribution is 2.27. The zero-order valence-corrected chi connectivity index (χ0v) is 11.1. The number of hydrogen-bond donors (Lipinski definition) is 2. The molecule has 0 fully saturated rings. The normalized spacial score (nSPS) is 16.5. The molecule has 2 N–H and O–H groups in total. The molecular weight excluding hydrogens is 212 g/mol. The first-order chi connectivity index (χ1) is 8.01. The van der Waals surface area contributed by atoms with Crippen molar-refractivity contribution in [2.75, 3.05) is 6.61 Å². The average Bonchev–Trinajstić information content (AvgIpc) is 2.35. The van der Waals surface area contributed by atoms with Crippen molar-refractivity contribution in [3.63, 3.8) is 0 Å². The topological polar surface area (TPSA) is 40.5 Å². The number of aliphatic hydroxyl groups is 2. The zero-order chi connectivity index (χ0) is 12.9. The molecule has 0 aliphatic heterocycles. The molecule has 1 aromatic carbocycles.